The second kappa shape index (κ2) is 6.02. The summed E-state index contributed by atoms with van der Waals surface area (Å²) in [5.41, 5.74) is 4.13. The number of nitrogens with one attached hydrogen (secondary N) is 1. The van der Waals surface area contributed by atoms with Crippen molar-refractivity contribution in [3.63, 3.8) is 0 Å². The molecular formula is C19H18N6OS. The maximum absolute atomic E-state index is 12.8. The number of amides is 1. The zero-order valence-corrected chi connectivity index (χ0v) is 15.8. The van der Waals surface area contributed by atoms with Crippen molar-refractivity contribution in [3.8, 4) is 10.4 Å². The number of hydrogen-bond acceptors (Lipinski definition) is 5. The number of rotatable bonds is 4. The molecule has 8 heteroatoms. The third-order valence-corrected chi connectivity index (χ3v) is 5.88. The van der Waals surface area contributed by atoms with E-state index in [1.165, 1.54) is 12.8 Å². The van der Waals surface area contributed by atoms with E-state index in [1.807, 2.05) is 37.0 Å². The van der Waals surface area contributed by atoms with E-state index in [9.17, 15) is 4.79 Å². The maximum atomic E-state index is 12.8. The van der Waals surface area contributed by atoms with Crippen LogP contribution in [0.4, 0.5) is 5.69 Å². The molecule has 0 spiro atoms. The summed E-state index contributed by atoms with van der Waals surface area (Å²) >= 11 is 1.55. The van der Waals surface area contributed by atoms with E-state index in [2.05, 4.69) is 26.7 Å². The lowest BCUT2D eigenvalue weighted by Crippen LogP contribution is -2.12. The highest BCUT2D eigenvalue weighted by Gasteiger charge is 2.25. The molecule has 27 heavy (non-hydrogen) atoms. The highest BCUT2D eigenvalue weighted by molar-refractivity contribution is 7.21. The molecule has 0 aromatic carbocycles. The first-order chi connectivity index (χ1) is 13.1. The lowest BCUT2D eigenvalue weighted by Gasteiger charge is -2.07. The van der Waals surface area contributed by atoms with Gasteiger partial charge in [-0.15, -0.1) is 11.3 Å². The van der Waals surface area contributed by atoms with Crippen LogP contribution in [0.1, 0.15) is 40.5 Å². The Morgan fingerprint density at radius 2 is 2.04 bits per heavy atom. The third-order valence-electron chi connectivity index (χ3n) is 4.72. The van der Waals surface area contributed by atoms with Crippen LogP contribution in [0.15, 0.2) is 37.1 Å². The van der Waals surface area contributed by atoms with E-state index >= 15 is 0 Å². The van der Waals surface area contributed by atoms with Crippen molar-refractivity contribution in [1.82, 2.24) is 24.4 Å². The number of anilines is 1. The molecule has 0 bridgehead atoms. The van der Waals surface area contributed by atoms with Gasteiger partial charge in [0.2, 0.25) is 0 Å². The zero-order valence-electron chi connectivity index (χ0n) is 15.0. The third kappa shape index (κ3) is 2.91. The molecule has 0 saturated heterocycles. The Hall–Kier alpha value is -3.00. The predicted octanol–water partition coefficient (Wildman–Crippen LogP) is 3.86. The summed E-state index contributed by atoms with van der Waals surface area (Å²) < 4.78 is 3.78. The number of carbonyl (C=O) groups excluding carboxylic acids is 1. The van der Waals surface area contributed by atoms with Crippen molar-refractivity contribution in [2.75, 3.05) is 5.32 Å². The normalized spacial score (nSPS) is 14.0. The highest BCUT2D eigenvalue weighted by Crippen LogP contribution is 2.36. The molecule has 1 N–H and O–H groups in total. The molecule has 0 aliphatic heterocycles. The molecule has 5 rings (SSSR count). The van der Waals surface area contributed by atoms with Gasteiger partial charge in [0, 0.05) is 24.2 Å². The molecule has 1 aliphatic carbocycles. The molecule has 0 atom stereocenters. The Labute approximate surface area is 159 Å². The second-order valence-electron chi connectivity index (χ2n) is 6.94. The standard InChI is InChI=1S/C19H18N6OS/c1-11-5-16(12(2)20-6-11)23-18(26)15-8-22-25-10-17(27-19(15)25)13-7-21-24(9-13)14-3-4-14/h5-10,14H,3-4H2,1-2H3,(H,23,26). The molecule has 1 amide bonds. The topological polar surface area (TPSA) is 77.1 Å². The van der Waals surface area contributed by atoms with Crippen molar-refractivity contribution in [3.05, 3.63) is 53.9 Å². The fraction of sp³-hybridized carbons (Fsp3) is 0.263. The van der Waals surface area contributed by atoms with Gasteiger partial charge >= 0.3 is 0 Å². The fourth-order valence-electron chi connectivity index (χ4n) is 3.03. The van der Waals surface area contributed by atoms with Crippen LogP contribution in [0, 0.1) is 13.8 Å². The van der Waals surface area contributed by atoms with Gasteiger partial charge in [0.1, 0.15) is 4.83 Å². The van der Waals surface area contributed by atoms with E-state index in [0.29, 0.717) is 11.6 Å². The second-order valence-corrected chi connectivity index (χ2v) is 7.97. The number of hydrogen-bond donors (Lipinski definition) is 1. The van der Waals surface area contributed by atoms with E-state index in [0.717, 1.165) is 32.2 Å². The van der Waals surface area contributed by atoms with E-state index in [-0.39, 0.29) is 5.91 Å². The van der Waals surface area contributed by atoms with Crippen molar-refractivity contribution < 1.29 is 4.79 Å². The number of thiazole rings is 1. The molecule has 0 unspecified atom stereocenters. The zero-order chi connectivity index (χ0) is 18.5. The summed E-state index contributed by atoms with van der Waals surface area (Å²) in [6.45, 7) is 3.83. The number of pyridine rings is 1. The summed E-state index contributed by atoms with van der Waals surface area (Å²) in [6, 6.07) is 2.47. The Bertz CT molecular complexity index is 1170. The highest BCUT2D eigenvalue weighted by atomic mass is 32.1. The van der Waals surface area contributed by atoms with Gasteiger partial charge in [-0.05, 0) is 38.3 Å². The Kier molecular flexibility index (Phi) is 3.61. The molecule has 7 nitrogen and oxygen atoms in total. The van der Waals surface area contributed by atoms with Gasteiger partial charge in [-0.3, -0.25) is 14.5 Å². The van der Waals surface area contributed by atoms with Crippen LogP contribution >= 0.6 is 11.3 Å². The van der Waals surface area contributed by atoms with Crippen LogP contribution in [0.25, 0.3) is 15.3 Å². The van der Waals surface area contributed by atoms with E-state index in [4.69, 9.17) is 0 Å². The van der Waals surface area contributed by atoms with Crippen molar-refractivity contribution in [1.29, 1.82) is 0 Å². The van der Waals surface area contributed by atoms with E-state index < -0.39 is 0 Å². The van der Waals surface area contributed by atoms with Crippen molar-refractivity contribution in [2.45, 2.75) is 32.7 Å². The first kappa shape index (κ1) is 16.2. The summed E-state index contributed by atoms with van der Waals surface area (Å²) in [5, 5.41) is 11.8. The Balaban J connectivity index is 1.45. The lowest BCUT2D eigenvalue weighted by molar-refractivity contribution is 0.102. The minimum atomic E-state index is -0.178. The van der Waals surface area contributed by atoms with Crippen LogP contribution < -0.4 is 5.32 Å². The van der Waals surface area contributed by atoms with Gasteiger partial charge in [0.05, 0.1) is 40.3 Å². The molecule has 1 saturated carbocycles. The molecule has 4 aromatic heterocycles. The van der Waals surface area contributed by atoms with Crippen molar-refractivity contribution >= 4 is 27.8 Å². The SMILES string of the molecule is Cc1cnc(C)c(NC(=O)c2cnn3cc(-c4cnn(C5CC5)c4)sc23)c1. The smallest absolute Gasteiger partial charge is 0.260 e. The van der Waals surface area contributed by atoms with Crippen LogP contribution in [0.3, 0.4) is 0 Å². The molecule has 1 fully saturated rings. The first-order valence-corrected chi connectivity index (χ1v) is 9.66. The average Bonchev–Trinajstić information content (AvgIpc) is 3.05. The molecule has 4 heterocycles. The summed E-state index contributed by atoms with van der Waals surface area (Å²) in [7, 11) is 0. The summed E-state index contributed by atoms with van der Waals surface area (Å²) in [6.07, 6.45) is 11.7. The summed E-state index contributed by atoms with van der Waals surface area (Å²) in [5.74, 6) is -0.178. The number of aromatic nitrogens is 5. The Morgan fingerprint density at radius 1 is 1.19 bits per heavy atom. The summed E-state index contributed by atoms with van der Waals surface area (Å²) in [4.78, 5) is 19.0. The number of aryl methyl sites for hydroxylation is 2. The number of fused-ring (bicyclic) bond motifs is 1. The van der Waals surface area contributed by atoms with Crippen LogP contribution in [-0.2, 0) is 0 Å². The lowest BCUT2D eigenvalue weighted by atomic mass is 10.2. The first-order valence-electron chi connectivity index (χ1n) is 8.85. The monoisotopic (exact) mass is 378 g/mol. The number of nitrogens with zero attached hydrogens (tertiary/aromatic N) is 5. The number of carbonyl (C=O) groups is 1. The minimum Gasteiger partial charge on any atom is -0.320 e. The van der Waals surface area contributed by atoms with Gasteiger partial charge < -0.3 is 5.32 Å². The minimum absolute atomic E-state index is 0.178. The fourth-order valence-corrected chi connectivity index (χ4v) is 4.07. The quantitative estimate of drug-likeness (QED) is 0.585. The van der Waals surface area contributed by atoms with Gasteiger partial charge in [-0.2, -0.15) is 10.2 Å². The average molecular weight is 378 g/mol. The van der Waals surface area contributed by atoms with Crippen LogP contribution in [0.2, 0.25) is 0 Å². The van der Waals surface area contributed by atoms with Gasteiger partial charge in [-0.25, -0.2) is 4.52 Å². The molecule has 1 aliphatic rings. The van der Waals surface area contributed by atoms with Crippen molar-refractivity contribution in [2.24, 2.45) is 0 Å². The molecule has 136 valence electrons. The van der Waals surface area contributed by atoms with Crippen LogP contribution in [-0.4, -0.2) is 30.3 Å². The molecule has 4 aromatic rings. The van der Waals surface area contributed by atoms with Crippen LogP contribution in [0.5, 0.6) is 0 Å². The maximum Gasteiger partial charge on any atom is 0.260 e. The Morgan fingerprint density at radius 3 is 2.85 bits per heavy atom. The van der Waals surface area contributed by atoms with Gasteiger partial charge in [-0.1, -0.05) is 0 Å². The predicted molar refractivity (Wildman–Crippen MR) is 104 cm³/mol. The molecular weight excluding hydrogens is 360 g/mol. The molecule has 0 radical (unpaired) electrons. The van der Waals surface area contributed by atoms with Gasteiger partial charge in [0.25, 0.3) is 5.91 Å². The van der Waals surface area contributed by atoms with E-state index in [1.54, 1.807) is 28.2 Å². The van der Waals surface area contributed by atoms with Gasteiger partial charge in [0.15, 0.2) is 0 Å². The largest absolute Gasteiger partial charge is 0.320 e.